The number of hydrogen-bond donors (Lipinski definition) is 4. The van der Waals surface area contributed by atoms with Crippen LogP contribution in [0.4, 0.5) is 0 Å². The molecule has 0 fully saturated rings. The minimum Gasteiger partial charge on any atom is -0.484 e. The van der Waals surface area contributed by atoms with E-state index in [-0.39, 0.29) is 19.7 Å². The highest BCUT2D eigenvalue weighted by Crippen LogP contribution is 2.07. The first-order valence-electron chi connectivity index (χ1n) is 5.82. The lowest BCUT2D eigenvalue weighted by Gasteiger charge is -2.07. The topological polar surface area (TPSA) is 123 Å². The smallest absolute Gasteiger partial charge is 0.258 e. The Morgan fingerprint density at radius 3 is 2.20 bits per heavy atom. The van der Waals surface area contributed by atoms with Gasteiger partial charge in [0.2, 0.25) is 5.91 Å². The summed E-state index contributed by atoms with van der Waals surface area (Å²) in [5, 5.41) is 4.63. The molecule has 0 radical (unpaired) electrons. The maximum Gasteiger partial charge on any atom is 0.258 e. The van der Waals surface area contributed by atoms with Gasteiger partial charge in [-0.05, 0) is 12.1 Å². The number of hydrogen-bond acceptors (Lipinski definition) is 5. The van der Waals surface area contributed by atoms with Crippen LogP contribution < -0.4 is 26.6 Å². The van der Waals surface area contributed by atoms with Crippen LogP contribution in [0.2, 0.25) is 0 Å². The molecule has 0 aromatic heterocycles. The number of benzene rings is 1. The van der Waals surface area contributed by atoms with Crippen molar-refractivity contribution in [2.45, 2.75) is 0 Å². The van der Waals surface area contributed by atoms with E-state index >= 15 is 0 Å². The Morgan fingerprint density at radius 2 is 1.55 bits per heavy atom. The average Bonchev–Trinajstić information content (AvgIpc) is 2.49. The summed E-state index contributed by atoms with van der Waals surface area (Å²) >= 11 is 0. The second-order valence-corrected chi connectivity index (χ2v) is 3.72. The van der Waals surface area contributed by atoms with Gasteiger partial charge in [-0.3, -0.25) is 19.8 Å². The molecule has 8 nitrogen and oxygen atoms in total. The van der Waals surface area contributed by atoms with E-state index < -0.39 is 17.7 Å². The zero-order chi connectivity index (χ0) is 14.8. The van der Waals surface area contributed by atoms with Crippen LogP contribution in [0, 0.1) is 0 Å². The third-order valence-electron chi connectivity index (χ3n) is 2.17. The van der Waals surface area contributed by atoms with Gasteiger partial charge in [-0.2, -0.15) is 0 Å². The molecule has 8 heteroatoms. The number of nitrogens with two attached hydrogens (primary N) is 1. The van der Waals surface area contributed by atoms with Gasteiger partial charge in [0.25, 0.3) is 11.8 Å². The van der Waals surface area contributed by atoms with Crippen LogP contribution in [0.25, 0.3) is 0 Å². The zero-order valence-electron chi connectivity index (χ0n) is 10.7. The summed E-state index contributed by atoms with van der Waals surface area (Å²) in [7, 11) is 0. The summed E-state index contributed by atoms with van der Waals surface area (Å²) < 4.78 is 5.19. The van der Waals surface area contributed by atoms with Gasteiger partial charge in [0.05, 0.1) is 13.1 Å². The van der Waals surface area contributed by atoms with Crippen molar-refractivity contribution >= 4 is 17.7 Å². The minimum absolute atomic E-state index is 0.194. The molecule has 1 rings (SSSR count). The molecule has 5 N–H and O–H groups in total. The van der Waals surface area contributed by atoms with Crippen LogP contribution in [-0.2, 0) is 14.4 Å². The summed E-state index contributed by atoms with van der Waals surface area (Å²) in [6.07, 6.45) is 0. The molecular weight excluding hydrogens is 264 g/mol. The van der Waals surface area contributed by atoms with E-state index in [9.17, 15) is 14.4 Å². The van der Waals surface area contributed by atoms with Crippen molar-refractivity contribution < 1.29 is 19.1 Å². The summed E-state index contributed by atoms with van der Waals surface area (Å²) in [5.74, 6) is 3.93. The van der Waals surface area contributed by atoms with Crippen LogP contribution in [0.3, 0.4) is 0 Å². The van der Waals surface area contributed by atoms with Gasteiger partial charge >= 0.3 is 0 Å². The van der Waals surface area contributed by atoms with E-state index in [1.54, 1.807) is 24.3 Å². The Hall–Kier alpha value is -2.61. The Labute approximate surface area is 115 Å². The fraction of sp³-hybridized carbons (Fsp3) is 0.250. The van der Waals surface area contributed by atoms with Crippen molar-refractivity contribution in [3.63, 3.8) is 0 Å². The molecule has 0 aliphatic rings. The van der Waals surface area contributed by atoms with Crippen LogP contribution in [0.15, 0.2) is 30.3 Å². The van der Waals surface area contributed by atoms with E-state index in [4.69, 9.17) is 10.6 Å². The normalized spacial score (nSPS) is 9.45. The molecule has 108 valence electrons. The second-order valence-electron chi connectivity index (χ2n) is 3.72. The number of rotatable bonds is 7. The maximum atomic E-state index is 11.4. The predicted octanol–water partition coefficient (Wildman–Crippen LogP) is -1.71. The monoisotopic (exact) mass is 280 g/mol. The number of hydrazine groups is 1. The quantitative estimate of drug-likeness (QED) is 0.269. The van der Waals surface area contributed by atoms with Gasteiger partial charge in [0, 0.05) is 0 Å². The van der Waals surface area contributed by atoms with Crippen molar-refractivity contribution in [3.05, 3.63) is 30.3 Å². The Morgan fingerprint density at radius 1 is 0.950 bits per heavy atom. The number of nitrogens with one attached hydrogen (secondary N) is 3. The van der Waals surface area contributed by atoms with E-state index in [0.717, 1.165) is 0 Å². The van der Waals surface area contributed by atoms with Crippen molar-refractivity contribution in [3.8, 4) is 5.75 Å². The standard InChI is InChI=1S/C12H16N4O4/c13-16-11(18)7-14-10(17)6-15-12(19)8-20-9-4-2-1-3-5-9/h1-5H,6-8,13H2,(H,14,17)(H,15,19)(H,16,18). The van der Waals surface area contributed by atoms with Crippen molar-refractivity contribution in [2.24, 2.45) is 5.84 Å². The van der Waals surface area contributed by atoms with E-state index in [0.29, 0.717) is 5.75 Å². The third-order valence-corrected chi connectivity index (χ3v) is 2.17. The van der Waals surface area contributed by atoms with Crippen molar-refractivity contribution in [1.29, 1.82) is 0 Å². The van der Waals surface area contributed by atoms with Crippen molar-refractivity contribution in [1.82, 2.24) is 16.1 Å². The fourth-order valence-corrected chi connectivity index (χ4v) is 1.19. The minimum atomic E-state index is -0.530. The Balaban J connectivity index is 2.16. The number of para-hydroxylation sites is 1. The van der Waals surface area contributed by atoms with Crippen LogP contribution in [-0.4, -0.2) is 37.4 Å². The molecule has 1 aromatic carbocycles. The molecule has 0 spiro atoms. The van der Waals surface area contributed by atoms with E-state index in [1.165, 1.54) is 0 Å². The highest BCUT2D eigenvalue weighted by Gasteiger charge is 2.07. The molecule has 0 aliphatic heterocycles. The zero-order valence-corrected chi connectivity index (χ0v) is 10.7. The van der Waals surface area contributed by atoms with Crippen LogP contribution in [0.5, 0.6) is 5.75 Å². The van der Waals surface area contributed by atoms with Gasteiger partial charge in [-0.25, -0.2) is 5.84 Å². The molecular formula is C12H16N4O4. The van der Waals surface area contributed by atoms with Crippen LogP contribution >= 0.6 is 0 Å². The lowest BCUT2D eigenvalue weighted by molar-refractivity contribution is -0.128. The van der Waals surface area contributed by atoms with Gasteiger partial charge < -0.3 is 15.4 Å². The molecule has 0 unspecified atom stereocenters. The summed E-state index contributed by atoms with van der Waals surface area (Å²) in [6.45, 7) is -0.679. The molecule has 3 amide bonds. The Kier molecular flexibility index (Phi) is 6.55. The van der Waals surface area contributed by atoms with Gasteiger partial charge in [0.1, 0.15) is 5.75 Å². The Bertz CT molecular complexity index is 464. The number of carbonyl (C=O) groups is 3. The van der Waals surface area contributed by atoms with E-state index in [1.807, 2.05) is 11.5 Å². The lowest BCUT2D eigenvalue weighted by atomic mass is 10.3. The average molecular weight is 280 g/mol. The van der Waals surface area contributed by atoms with Gasteiger partial charge in [-0.15, -0.1) is 0 Å². The first-order valence-corrected chi connectivity index (χ1v) is 5.82. The molecule has 0 atom stereocenters. The summed E-state index contributed by atoms with van der Waals surface area (Å²) in [4.78, 5) is 33.4. The highest BCUT2D eigenvalue weighted by atomic mass is 16.5. The second kappa shape index (κ2) is 8.48. The van der Waals surface area contributed by atoms with Crippen LogP contribution in [0.1, 0.15) is 0 Å². The summed E-state index contributed by atoms with van der Waals surface area (Å²) in [5.41, 5.74) is 1.86. The number of carbonyl (C=O) groups excluding carboxylic acids is 3. The van der Waals surface area contributed by atoms with Crippen molar-refractivity contribution in [2.75, 3.05) is 19.7 Å². The first-order chi connectivity index (χ1) is 9.61. The van der Waals surface area contributed by atoms with Gasteiger partial charge in [-0.1, -0.05) is 18.2 Å². The molecule has 0 saturated carbocycles. The third kappa shape index (κ3) is 6.36. The number of amides is 3. The fourth-order valence-electron chi connectivity index (χ4n) is 1.19. The number of ether oxygens (including phenoxy) is 1. The molecule has 20 heavy (non-hydrogen) atoms. The molecule has 1 aromatic rings. The van der Waals surface area contributed by atoms with Gasteiger partial charge in [0.15, 0.2) is 6.61 Å². The summed E-state index contributed by atoms with van der Waals surface area (Å²) in [6, 6.07) is 8.82. The largest absolute Gasteiger partial charge is 0.484 e. The van der Waals surface area contributed by atoms with E-state index in [2.05, 4.69) is 10.6 Å². The predicted molar refractivity (Wildman–Crippen MR) is 70.3 cm³/mol. The first kappa shape index (κ1) is 15.4. The lowest BCUT2D eigenvalue weighted by Crippen LogP contribution is -2.44. The molecule has 0 saturated heterocycles. The highest BCUT2D eigenvalue weighted by molar-refractivity contribution is 5.88. The molecule has 0 heterocycles. The molecule has 0 bridgehead atoms. The maximum absolute atomic E-state index is 11.4. The SMILES string of the molecule is NNC(=O)CNC(=O)CNC(=O)COc1ccccc1. The molecule has 0 aliphatic carbocycles.